The number of hydrogen-bond acceptors (Lipinski definition) is 3. The van der Waals surface area contributed by atoms with Crippen LogP contribution in [0.15, 0.2) is 41.3 Å². The quantitative estimate of drug-likeness (QED) is 0.866. The molecule has 0 fully saturated rings. The Morgan fingerprint density at radius 1 is 1.16 bits per heavy atom. The molecule has 1 N–H and O–H groups in total. The van der Waals surface area contributed by atoms with Gasteiger partial charge in [0.25, 0.3) is 5.91 Å². The van der Waals surface area contributed by atoms with Gasteiger partial charge in [-0.05, 0) is 50.2 Å². The third kappa shape index (κ3) is 4.39. The number of carbonyl (C=O) groups is 1. The number of sulfonamides is 1. The van der Waals surface area contributed by atoms with Crippen LogP contribution >= 0.6 is 11.6 Å². The molecule has 0 radical (unpaired) electrons. The van der Waals surface area contributed by atoms with Gasteiger partial charge in [-0.3, -0.25) is 4.79 Å². The number of amides is 1. The number of carbonyl (C=O) groups excluding carboxylic acids is 1. The summed E-state index contributed by atoms with van der Waals surface area (Å²) in [6.45, 7) is 4.41. The lowest BCUT2D eigenvalue weighted by Crippen LogP contribution is -2.27. The lowest BCUT2D eigenvalue weighted by molar-refractivity contribution is 0.0785. The summed E-state index contributed by atoms with van der Waals surface area (Å²) in [5, 5.41) is 0.215. The fourth-order valence-corrected chi connectivity index (χ4v) is 3.46. The zero-order valence-corrected chi connectivity index (χ0v) is 16.2. The number of nitrogens with one attached hydrogen (secondary N) is 1. The highest BCUT2D eigenvalue weighted by atomic mass is 35.5. The van der Waals surface area contributed by atoms with Crippen molar-refractivity contribution in [2.75, 3.05) is 14.1 Å². The molecule has 0 atom stereocenters. The fraction of sp³-hybridized carbons (Fsp3) is 0.278. The summed E-state index contributed by atoms with van der Waals surface area (Å²) >= 11 is 6.12. The number of nitrogens with zero attached hydrogens (tertiary/aromatic N) is 1. The minimum absolute atomic E-state index is 0.00247. The first-order valence-electron chi connectivity index (χ1n) is 7.70. The van der Waals surface area contributed by atoms with Crippen LogP contribution in [0.1, 0.15) is 27.0 Å². The van der Waals surface area contributed by atoms with Crippen molar-refractivity contribution in [2.45, 2.75) is 25.3 Å². The molecule has 2 rings (SSSR count). The van der Waals surface area contributed by atoms with E-state index in [1.54, 1.807) is 7.05 Å². The predicted octanol–water partition coefficient (Wildman–Crippen LogP) is 3.14. The van der Waals surface area contributed by atoms with E-state index in [2.05, 4.69) is 10.8 Å². The van der Waals surface area contributed by atoms with E-state index >= 15 is 0 Å². The van der Waals surface area contributed by atoms with Crippen molar-refractivity contribution in [3.8, 4) is 0 Å². The van der Waals surface area contributed by atoms with E-state index in [0.717, 1.165) is 16.7 Å². The van der Waals surface area contributed by atoms with Crippen LogP contribution in [-0.4, -0.2) is 33.3 Å². The van der Waals surface area contributed by atoms with Gasteiger partial charge in [0.1, 0.15) is 0 Å². The van der Waals surface area contributed by atoms with Crippen LogP contribution in [0.4, 0.5) is 0 Å². The van der Waals surface area contributed by atoms with Gasteiger partial charge in [-0.15, -0.1) is 0 Å². The Hall–Kier alpha value is -1.89. The summed E-state index contributed by atoms with van der Waals surface area (Å²) in [4.78, 5) is 14.3. The minimum atomic E-state index is -3.65. The lowest BCUT2D eigenvalue weighted by Gasteiger charge is -2.20. The average molecular weight is 381 g/mol. The maximum atomic E-state index is 12.7. The molecule has 7 heteroatoms. The van der Waals surface area contributed by atoms with Gasteiger partial charge < -0.3 is 4.90 Å². The molecule has 2 aromatic carbocycles. The first-order valence-corrected chi connectivity index (χ1v) is 9.56. The van der Waals surface area contributed by atoms with Crippen LogP contribution in [0.5, 0.6) is 0 Å². The molecule has 0 aliphatic heterocycles. The Morgan fingerprint density at radius 3 is 2.44 bits per heavy atom. The second-order valence-electron chi connectivity index (χ2n) is 5.94. The van der Waals surface area contributed by atoms with Gasteiger partial charge in [-0.1, -0.05) is 35.4 Å². The standard InChI is InChI=1S/C18H21ClN2O3S/c1-12-5-6-14(13(2)9-12)11-21(4)18(22)16-10-15(7-8-17(16)19)25(23,24)20-3/h5-10,20H,11H2,1-4H3. The third-order valence-electron chi connectivity index (χ3n) is 4.00. The van der Waals surface area contributed by atoms with Crippen LogP contribution in [0.2, 0.25) is 5.02 Å². The van der Waals surface area contributed by atoms with E-state index in [1.165, 1.54) is 30.1 Å². The minimum Gasteiger partial charge on any atom is -0.337 e. The fourth-order valence-electron chi connectivity index (χ4n) is 2.51. The molecule has 0 aliphatic carbocycles. The zero-order valence-electron chi connectivity index (χ0n) is 14.6. The average Bonchev–Trinajstić information content (AvgIpc) is 2.56. The normalized spacial score (nSPS) is 11.4. The third-order valence-corrected chi connectivity index (χ3v) is 5.74. The van der Waals surface area contributed by atoms with Crippen molar-refractivity contribution in [3.05, 3.63) is 63.7 Å². The van der Waals surface area contributed by atoms with E-state index < -0.39 is 10.0 Å². The van der Waals surface area contributed by atoms with Crippen molar-refractivity contribution in [2.24, 2.45) is 0 Å². The van der Waals surface area contributed by atoms with E-state index in [0.29, 0.717) is 6.54 Å². The molecule has 1 amide bonds. The molecule has 2 aromatic rings. The monoisotopic (exact) mass is 380 g/mol. The second kappa shape index (κ2) is 7.56. The zero-order chi connectivity index (χ0) is 18.8. The largest absolute Gasteiger partial charge is 0.337 e. The molecular formula is C18H21ClN2O3S. The van der Waals surface area contributed by atoms with E-state index in [9.17, 15) is 13.2 Å². The van der Waals surface area contributed by atoms with E-state index in [4.69, 9.17) is 11.6 Å². The summed E-state index contributed by atoms with van der Waals surface area (Å²) < 4.78 is 26.1. The smallest absolute Gasteiger partial charge is 0.255 e. The van der Waals surface area contributed by atoms with Crippen LogP contribution in [0.25, 0.3) is 0 Å². The summed E-state index contributed by atoms with van der Waals surface area (Å²) in [5.41, 5.74) is 3.43. The number of halogens is 1. The van der Waals surface area contributed by atoms with Gasteiger partial charge in [0, 0.05) is 13.6 Å². The number of rotatable bonds is 5. The van der Waals surface area contributed by atoms with Gasteiger partial charge in [0.2, 0.25) is 10.0 Å². The van der Waals surface area contributed by atoms with Gasteiger partial charge >= 0.3 is 0 Å². The second-order valence-corrected chi connectivity index (χ2v) is 8.23. The summed E-state index contributed by atoms with van der Waals surface area (Å²) in [7, 11) is -0.665. The first kappa shape index (κ1) is 19.4. The maximum absolute atomic E-state index is 12.7. The van der Waals surface area contributed by atoms with E-state index in [-0.39, 0.29) is 21.4 Å². The molecule has 0 saturated heterocycles. The molecule has 0 spiro atoms. The van der Waals surface area contributed by atoms with Crippen LogP contribution in [0.3, 0.4) is 0 Å². The predicted molar refractivity (Wildman–Crippen MR) is 99.4 cm³/mol. The van der Waals surface area contributed by atoms with Crippen molar-refractivity contribution < 1.29 is 13.2 Å². The maximum Gasteiger partial charge on any atom is 0.255 e. The summed E-state index contributed by atoms with van der Waals surface area (Å²) in [5.74, 6) is -0.335. The van der Waals surface area contributed by atoms with Crippen molar-refractivity contribution in [1.29, 1.82) is 0 Å². The van der Waals surface area contributed by atoms with Crippen molar-refractivity contribution in [3.63, 3.8) is 0 Å². The number of benzene rings is 2. The Balaban J connectivity index is 2.31. The van der Waals surface area contributed by atoms with Crippen LogP contribution in [0, 0.1) is 13.8 Å². The Morgan fingerprint density at radius 2 is 1.84 bits per heavy atom. The molecule has 0 heterocycles. The first-order chi connectivity index (χ1) is 11.7. The molecule has 0 saturated carbocycles. The van der Waals surface area contributed by atoms with Gasteiger partial charge in [-0.2, -0.15) is 0 Å². The van der Waals surface area contributed by atoms with Crippen molar-refractivity contribution >= 4 is 27.5 Å². The lowest BCUT2D eigenvalue weighted by atomic mass is 10.1. The number of aryl methyl sites for hydroxylation is 2. The molecule has 0 aromatic heterocycles. The van der Waals surface area contributed by atoms with E-state index in [1.807, 2.05) is 26.0 Å². The summed E-state index contributed by atoms with van der Waals surface area (Å²) in [6.07, 6.45) is 0. The highest BCUT2D eigenvalue weighted by molar-refractivity contribution is 7.89. The van der Waals surface area contributed by atoms with Crippen LogP contribution in [-0.2, 0) is 16.6 Å². The molecular weight excluding hydrogens is 360 g/mol. The van der Waals surface area contributed by atoms with Crippen LogP contribution < -0.4 is 4.72 Å². The Labute approximate surface area is 153 Å². The number of hydrogen-bond donors (Lipinski definition) is 1. The molecule has 25 heavy (non-hydrogen) atoms. The molecule has 5 nitrogen and oxygen atoms in total. The SMILES string of the molecule is CNS(=O)(=O)c1ccc(Cl)c(C(=O)N(C)Cc2ccc(C)cc2C)c1. The molecule has 134 valence electrons. The molecule has 0 bridgehead atoms. The molecule has 0 unspecified atom stereocenters. The highest BCUT2D eigenvalue weighted by Gasteiger charge is 2.20. The topological polar surface area (TPSA) is 66.5 Å². The van der Waals surface area contributed by atoms with Gasteiger partial charge in [-0.25, -0.2) is 13.1 Å². The summed E-state index contributed by atoms with van der Waals surface area (Å²) in [6, 6.07) is 10.1. The van der Waals surface area contributed by atoms with Gasteiger partial charge in [0.05, 0.1) is 15.5 Å². The van der Waals surface area contributed by atoms with Gasteiger partial charge in [0.15, 0.2) is 0 Å². The Bertz CT molecular complexity index is 911. The highest BCUT2D eigenvalue weighted by Crippen LogP contribution is 2.23. The molecule has 0 aliphatic rings. The Kier molecular flexibility index (Phi) is 5.87. The van der Waals surface area contributed by atoms with Crippen molar-refractivity contribution in [1.82, 2.24) is 9.62 Å².